The molecule has 0 saturated carbocycles. The summed E-state index contributed by atoms with van der Waals surface area (Å²) in [6, 6.07) is 11.2. The number of benzene rings is 2. The Morgan fingerprint density at radius 2 is 2.06 bits per heavy atom. The number of carboxylic acid groups (broad SMARTS) is 1. The molecule has 0 unspecified atom stereocenters. The van der Waals surface area contributed by atoms with Gasteiger partial charge in [0.05, 0.1) is 6.42 Å². The summed E-state index contributed by atoms with van der Waals surface area (Å²) in [4.78, 5) is 14.2. The maximum absolute atomic E-state index is 10.9. The Bertz CT molecular complexity index is 761. The van der Waals surface area contributed by atoms with Crippen LogP contribution >= 0.6 is 11.6 Å². The molecule has 0 fully saturated rings. The molecule has 0 bridgehead atoms. The first-order chi connectivity index (χ1) is 8.65. The Labute approximate surface area is 108 Å². The van der Waals surface area contributed by atoms with Crippen molar-refractivity contribution in [2.45, 2.75) is 6.42 Å². The summed E-state index contributed by atoms with van der Waals surface area (Å²) in [6.07, 6.45) is 0.0107. The second kappa shape index (κ2) is 4.03. The molecule has 0 amide bonds. The number of aromatic nitrogens is 1. The van der Waals surface area contributed by atoms with E-state index in [-0.39, 0.29) is 6.42 Å². The Morgan fingerprint density at radius 1 is 1.22 bits per heavy atom. The average Bonchev–Trinajstić information content (AvgIpc) is 2.67. The predicted molar refractivity (Wildman–Crippen MR) is 72.2 cm³/mol. The number of rotatable bonds is 2. The minimum Gasteiger partial charge on any atom is -0.481 e. The lowest BCUT2D eigenvalue weighted by Gasteiger charge is -2.00. The first kappa shape index (κ1) is 11.1. The molecule has 2 N–H and O–H groups in total. The average molecular weight is 260 g/mol. The van der Waals surface area contributed by atoms with Crippen molar-refractivity contribution < 1.29 is 9.90 Å². The molecule has 4 heteroatoms. The summed E-state index contributed by atoms with van der Waals surface area (Å²) in [6.45, 7) is 0. The molecule has 0 aliphatic rings. The Hall–Kier alpha value is -2.00. The lowest BCUT2D eigenvalue weighted by molar-refractivity contribution is -0.136. The fourth-order valence-corrected chi connectivity index (χ4v) is 2.48. The summed E-state index contributed by atoms with van der Waals surface area (Å²) in [7, 11) is 0. The molecule has 0 spiro atoms. The number of fused-ring (bicyclic) bond motifs is 3. The van der Waals surface area contributed by atoms with E-state index in [1.807, 2.05) is 36.4 Å². The van der Waals surface area contributed by atoms with E-state index in [2.05, 4.69) is 4.98 Å². The van der Waals surface area contributed by atoms with Gasteiger partial charge in [-0.25, -0.2) is 0 Å². The zero-order valence-corrected chi connectivity index (χ0v) is 10.2. The van der Waals surface area contributed by atoms with Gasteiger partial charge < -0.3 is 10.1 Å². The standard InChI is InChI=1S/C14H10ClNO2/c15-9-4-5-11-10(7-9)14-8(6-13(17)18)2-1-3-12(14)16-11/h1-5,7,16H,6H2,(H,17,18). The van der Waals surface area contributed by atoms with Crippen LogP contribution in [-0.2, 0) is 11.2 Å². The monoisotopic (exact) mass is 259 g/mol. The van der Waals surface area contributed by atoms with E-state index in [4.69, 9.17) is 16.7 Å². The highest BCUT2D eigenvalue weighted by molar-refractivity contribution is 6.31. The van der Waals surface area contributed by atoms with Crippen LogP contribution in [0, 0.1) is 0 Å². The summed E-state index contributed by atoms with van der Waals surface area (Å²) >= 11 is 6.00. The SMILES string of the molecule is O=C(O)Cc1cccc2[nH]c3ccc(Cl)cc3c12. The number of carboxylic acids is 1. The Balaban J connectivity index is 2.39. The van der Waals surface area contributed by atoms with Gasteiger partial charge in [-0.15, -0.1) is 0 Å². The van der Waals surface area contributed by atoms with Gasteiger partial charge in [0.1, 0.15) is 0 Å². The van der Waals surface area contributed by atoms with E-state index in [1.54, 1.807) is 0 Å². The van der Waals surface area contributed by atoms with E-state index >= 15 is 0 Å². The van der Waals surface area contributed by atoms with Crippen LogP contribution in [0.3, 0.4) is 0 Å². The van der Waals surface area contributed by atoms with Gasteiger partial charge in [-0.2, -0.15) is 0 Å². The molecule has 18 heavy (non-hydrogen) atoms. The molecular formula is C14H10ClNO2. The largest absolute Gasteiger partial charge is 0.481 e. The number of aromatic amines is 1. The van der Waals surface area contributed by atoms with Crippen LogP contribution in [0.15, 0.2) is 36.4 Å². The van der Waals surface area contributed by atoms with Gasteiger partial charge in [-0.3, -0.25) is 4.79 Å². The van der Waals surface area contributed by atoms with Crippen molar-refractivity contribution >= 4 is 39.4 Å². The van der Waals surface area contributed by atoms with Crippen LogP contribution < -0.4 is 0 Å². The second-order valence-electron chi connectivity index (χ2n) is 4.23. The minimum atomic E-state index is -0.834. The number of H-pyrrole nitrogens is 1. The first-order valence-corrected chi connectivity index (χ1v) is 5.93. The van der Waals surface area contributed by atoms with Gasteiger partial charge in [-0.1, -0.05) is 23.7 Å². The van der Waals surface area contributed by atoms with E-state index < -0.39 is 5.97 Å². The van der Waals surface area contributed by atoms with E-state index in [0.29, 0.717) is 5.02 Å². The summed E-state index contributed by atoms with van der Waals surface area (Å²) in [5.41, 5.74) is 2.70. The highest BCUT2D eigenvalue weighted by atomic mass is 35.5. The zero-order chi connectivity index (χ0) is 12.7. The van der Waals surface area contributed by atoms with Crippen LogP contribution in [0.2, 0.25) is 5.02 Å². The van der Waals surface area contributed by atoms with E-state index in [1.165, 1.54) is 0 Å². The quantitative estimate of drug-likeness (QED) is 0.739. The van der Waals surface area contributed by atoms with E-state index in [9.17, 15) is 4.79 Å². The van der Waals surface area contributed by atoms with Gasteiger partial charge in [0.2, 0.25) is 0 Å². The molecule has 0 aliphatic carbocycles. The van der Waals surface area contributed by atoms with Crippen molar-refractivity contribution in [2.75, 3.05) is 0 Å². The third kappa shape index (κ3) is 1.73. The lowest BCUT2D eigenvalue weighted by atomic mass is 10.0. The van der Waals surface area contributed by atoms with Crippen LogP contribution in [-0.4, -0.2) is 16.1 Å². The molecule has 3 rings (SSSR count). The second-order valence-corrected chi connectivity index (χ2v) is 4.66. The molecule has 3 aromatic rings. The third-order valence-electron chi connectivity index (χ3n) is 3.01. The van der Waals surface area contributed by atoms with Crippen molar-refractivity contribution in [3.8, 4) is 0 Å². The Kier molecular flexibility index (Phi) is 2.49. The predicted octanol–water partition coefficient (Wildman–Crippen LogP) is 3.60. The Morgan fingerprint density at radius 3 is 2.83 bits per heavy atom. The van der Waals surface area contributed by atoms with Crippen LogP contribution in [0.25, 0.3) is 21.8 Å². The van der Waals surface area contributed by atoms with Crippen LogP contribution in [0.4, 0.5) is 0 Å². The van der Waals surface area contributed by atoms with Crippen molar-refractivity contribution in [2.24, 2.45) is 0 Å². The van der Waals surface area contributed by atoms with Gasteiger partial charge in [-0.05, 0) is 29.8 Å². The number of hydrogen-bond donors (Lipinski definition) is 2. The van der Waals surface area contributed by atoms with Crippen molar-refractivity contribution in [1.29, 1.82) is 0 Å². The normalized spacial score (nSPS) is 11.2. The lowest BCUT2D eigenvalue weighted by Crippen LogP contribution is -2.00. The van der Waals surface area contributed by atoms with Crippen molar-refractivity contribution in [3.05, 3.63) is 47.0 Å². The van der Waals surface area contributed by atoms with Gasteiger partial charge in [0.15, 0.2) is 0 Å². The fraction of sp³-hybridized carbons (Fsp3) is 0.0714. The number of aliphatic carboxylic acids is 1. The van der Waals surface area contributed by atoms with Gasteiger partial charge >= 0.3 is 5.97 Å². The number of carbonyl (C=O) groups is 1. The number of hydrogen-bond acceptors (Lipinski definition) is 1. The molecule has 0 atom stereocenters. The van der Waals surface area contributed by atoms with E-state index in [0.717, 1.165) is 27.4 Å². The minimum absolute atomic E-state index is 0.0107. The number of nitrogens with one attached hydrogen (secondary N) is 1. The van der Waals surface area contributed by atoms with Crippen LogP contribution in [0.1, 0.15) is 5.56 Å². The highest BCUT2D eigenvalue weighted by Gasteiger charge is 2.11. The molecule has 90 valence electrons. The zero-order valence-electron chi connectivity index (χ0n) is 9.40. The summed E-state index contributed by atoms with van der Waals surface area (Å²) in [5.74, 6) is -0.834. The molecule has 0 aliphatic heterocycles. The van der Waals surface area contributed by atoms with Crippen LogP contribution in [0.5, 0.6) is 0 Å². The molecule has 1 heterocycles. The molecular weight excluding hydrogens is 250 g/mol. The van der Waals surface area contributed by atoms with Crippen molar-refractivity contribution in [3.63, 3.8) is 0 Å². The summed E-state index contributed by atoms with van der Waals surface area (Å²) in [5, 5.41) is 11.5. The molecule has 0 saturated heterocycles. The first-order valence-electron chi connectivity index (χ1n) is 5.56. The fourth-order valence-electron chi connectivity index (χ4n) is 2.31. The van der Waals surface area contributed by atoms with Gasteiger partial charge in [0.25, 0.3) is 0 Å². The molecule has 3 nitrogen and oxygen atoms in total. The van der Waals surface area contributed by atoms with Crippen molar-refractivity contribution in [1.82, 2.24) is 4.98 Å². The molecule has 1 aromatic heterocycles. The maximum Gasteiger partial charge on any atom is 0.307 e. The maximum atomic E-state index is 10.9. The summed E-state index contributed by atoms with van der Waals surface area (Å²) < 4.78 is 0. The highest BCUT2D eigenvalue weighted by Crippen LogP contribution is 2.30. The number of halogens is 1. The molecule has 2 aromatic carbocycles. The van der Waals surface area contributed by atoms with Gasteiger partial charge in [0, 0.05) is 26.8 Å². The third-order valence-corrected chi connectivity index (χ3v) is 3.25. The molecule has 0 radical (unpaired) electrons. The topological polar surface area (TPSA) is 53.1 Å². The smallest absolute Gasteiger partial charge is 0.307 e.